The number of piperidine rings is 1. The Morgan fingerprint density at radius 1 is 1.32 bits per heavy atom. The van der Waals surface area contributed by atoms with Crippen molar-refractivity contribution in [3.05, 3.63) is 17.5 Å². The molecule has 25 heavy (non-hydrogen) atoms. The molecule has 1 amide bonds. The summed E-state index contributed by atoms with van der Waals surface area (Å²) < 4.78 is 31.5. The SMILES string of the molecule is COC(=O)[C@@H](NC(=O)C1CCN(S(=O)(=O)c2cccs2)CC1)C(C)C. The molecular formula is C16H24N2O5S2. The molecule has 1 atom stereocenters. The maximum atomic E-state index is 12.5. The molecule has 0 unspecified atom stereocenters. The predicted octanol–water partition coefficient (Wildman–Crippen LogP) is 1.46. The fourth-order valence-corrected chi connectivity index (χ4v) is 5.41. The summed E-state index contributed by atoms with van der Waals surface area (Å²) in [6.07, 6.45) is 0.866. The van der Waals surface area contributed by atoms with Crippen molar-refractivity contribution in [3.63, 3.8) is 0 Å². The topological polar surface area (TPSA) is 92.8 Å². The molecule has 140 valence electrons. The largest absolute Gasteiger partial charge is 0.467 e. The Labute approximate surface area is 152 Å². The van der Waals surface area contributed by atoms with Crippen molar-refractivity contribution >= 4 is 33.2 Å². The zero-order valence-electron chi connectivity index (χ0n) is 14.6. The van der Waals surface area contributed by atoms with Gasteiger partial charge in [-0.3, -0.25) is 4.79 Å². The third kappa shape index (κ3) is 4.59. The van der Waals surface area contributed by atoms with Crippen LogP contribution in [0, 0.1) is 11.8 Å². The van der Waals surface area contributed by atoms with E-state index in [4.69, 9.17) is 4.74 Å². The molecule has 7 nitrogen and oxygen atoms in total. The number of nitrogens with zero attached hydrogens (tertiary/aromatic N) is 1. The van der Waals surface area contributed by atoms with Gasteiger partial charge >= 0.3 is 5.97 Å². The number of nitrogens with one attached hydrogen (secondary N) is 1. The number of carbonyl (C=O) groups excluding carboxylic acids is 2. The number of hydrogen-bond acceptors (Lipinski definition) is 6. The summed E-state index contributed by atoms with van der Waals surface area (Å²) in [4.78, 5) is 24.2. The summed E-state index contributed by atoms with van der Waals surface area (Å²) >= 11 is 1.19. The van der Waals surface area contributed by atoms with Gasteiger partial charge in [-0.2, -0.15) is 4.31 Å². The molecule has 1 aromatic heterocycles. The molecule has 2 rings (SSSR count). The van der Waals surface area contributed by atoms with Crippen LogP contribution in [0.1, 0.15) is 26.7 Å². The Balaban J connectivity index is 1.95. The van der Waals surface area contributed by atoms with E-state index >= 15 is 0 Å². The Hall–Kier alpha value is -1.45. The number of methoxy groups -OCH3 is 1. The zero-order chi connectivity index (χ0) is 18.6. The summed E-state index contributed by atoms with van der Waals surface area (Å²) in [7, 11) is -2.19. The van der Waals surface area contributed by atoms with Gasteiger partial charge in [-0.05, 0) is 30.2 Å². The first-order chi connectivity index (χ1) is 11.8. The summed E-state index contributed by atoms with van der Waals surface area (Å²) in [5, 5.41) is 4.47. The van der Waals surface area contributed by atoms with Crippen LogP contribution < -0.4 is 5.32 Å². The molecule has 1 N–H and O–H groups in total. The first-order valence-corrected chi connectivity index (χ1v) is 10.5. The van der Waals surface area contributed by atoms with E-state index in [2.05, 4.69) is 5.32 Å². The fraction of sp³-hybridized carbons (Fsp3) is 0.625. The van der Waals surface area contributed by atoms with Crippen molar-refractivity contribution in [2.24, 2.45) is 11.8 Å². The van der Waals surface area contributed by atoms with Gasteiger partial charge in [0.2, 0.25) is 5.91 Å². The van der Waals surface area contributed by atoms with E-state index in [1.54, 1.807) is 17.5 Å². The highest BCUT2D eigenvalue weighted by Gasteiger charge is 2.34. The summed E-state index contributed by atoms with van der Waals surface area (Å²) in [6.45, 7) is 4.25. The molecule has 1 saturated heterocycles. The standard InChI is InChI=1S/C16H24N2O5S2/c1-11(2)14(16(20)23-3)17-15(19)12-6-8-18(9-7-12)25(21,22)13-5-4-10-24-13/h4-5,10-12,14H,6-9H2,1-3H3,(H,17,19)/t14-/m0/s1. The number of carbonyl (C=O) groups is 2. The van der Waals surface area contributed by atoms with Gasteiger partial charge in [0.25, 0.3) is 10.0 Å². The highest BCUT2D eigenvalue weighted by molar-refractivity contribution is 7.91. The van der Waals surface area contributed by atoms with Crippen molar-refractivity contribution in [3.8, 4) is 0 Å². The van der Waals surface area contributed by atoms with Crippen LogP contribution in [0.2, 0.25) is 0 Å². The molecule has 0 bridgehead atoms. The Bertz CT molecular complexity index is 692. The number of esters is 1. The zero-order valence-corrected chi connectivity index (χ0v) is 16.2. The second kappa shape index (κ2) is 8.29. The van der Waals surface area contributed by atoms with Gasteiger partial charge in [0.1, 0.15) is 10.3 Å². The first-order valence-electron chi connectivity index (χ1n) is 8.19. The Kier molecular flexibility index (Phi) is 6.59. The average molecular weight is 389 g/mol. The van der Waals surface area contributed by atoms with E-state index in [1.165, 1.54) is 22.8 Å². The highest BCUT2D eigenvalue weighted by Crippen LogP contribution is 2.26. The van der Waals surface area contributed by atoms with Crippen LogP contribution in [-0.2, 0) is 24.3 Å². The van der Waals surface area contributed by atoms with Gasteiger partial charge in [0.05, 0.1) is 7.11 Å². The lowest BCUT2D eigenvalue weighted by molar-refractivity contribution is -0.147. The fourth-order valence-electron chi connectivity index (χ4n) is 2.79. The summed E-state index contributed by atoms with van der Waals surface area (Å²) in [5.74, 6) is -1.09. The molecule has 1 aliphatic rings. The first kappa shape index (κ1) is 19.9. The summed E-state index contributed by atoms with van der Waals surface area (Å²) in [6, 6.07) is 2.60. The van der Waals surface area contributed by atoms with Crippen LogP contribution in [0.3, 0.4) is 0 Å². The van der Waals surface area contributed by atoms with Crippen LogP contribution in [0.4, 0.5) is 0 Å². The quantitative estimate of drug-likeness (QED) is 0.745. The number of hydrogen-bond donors (Lipinski definition) is 1. The summed E-state index contributed by atoms with van der Waals surface area (Å²) in [5.41, 5.74) is 0. The Morgan fingerprint density at radius 3 is 2.44 bits per heavy atom. The van der Waals surface area contributed by atoms with Crippen LogP contribution in [0.5, 0.6) is 0 Å². The van der Waals surface area contributed by atoms with Gasteiger partial charge in [0, 0.05) is 19.0 Å². The number of thiophene rings is 1. The number of ether oxygens (including phenoxy) is 1. The molecule has 0 aromatic carbocycles. The average Bonchev–Trinajstić information content (AvgIpc) is 3.14. The van der Waals surface area contributed by atoms with Gasteiger partial charge in [-0.25, -0.2) is 13.2 Å². The highest BCUT2D eigenvalue weighted by atomic mass is 32.2. The molecule has 0 radical (unpaired) electrons. The smallest absolute Gasteiger partial charge is 0.328 e. The molecule has 1 aliphatic heterocycles. The number of rotatable bonds is 6. The molecular weight excluding hydrogens is 364 g/mol. The third-order valence-corrected chi connectivity index (χ3v) is 7.61. The number of sulfonamides is 1. The lowest BCUT2D eigenvalue weighted by Gasteiger charge is -2.31. The van der Waals surface area contributed by atoms with E-state index in [0.717, 1.165) is 0 Å². The predicted molar refractivity (Wildman–Crippen MR) is 94.6 cm³/mol. The minimum atomic E-state index is -3.48. The third-order valence-electron chi connectivity index (χ3n) is 4.33. The van der Waals surface area contributed by atoms with Crippen LogP contribution in [-0.4, -0.2) is 50.8 Å². The van der Waals surface area contributed by atoms with E-state index in [-0.39, 0.29) is 17.7 Å². The van der Waals surface area contributed by atoms with Gasteiger partial charge in [-0.1, -0.05) is 19.9 Å². The van der Waals surface area contributed by atoms with Crippen molar-refractivity contribution in [2.45, 2.75) is 36.9 Å². The maximum absolute atomic E-state index is 12.5. The van der Waals surface area contributed by atoms with Gasteiger partial charge in [-0.15, -0.1) is 11.3 Å². The van der Waals surface area contributed by atoms with E-state index in [9.17, 15) is 18.0 Å². The molecule has 0 saturated carbocycles. The van der Waals surface area contributed by atoms with Crippen LogP contribution in [0.25, 0.3) is 0 Å². The second-order valence-electron chi connectivity index (χ2n) is 6.36. The van der Waals surface area contributed by atoms with Crippen molar-refractivity contribution in [1.29, 1.82) is 0 Å². The minimum Gasteiger partial charge on any atom is -0.467 e. The van der Waals surface area contributed by atoms with Gasteiger partial charge in [0.15, 0.2) is 0 Å². The molecule has 1 aromatic rings. The molecule has 1 fully saturated rings. The van der Waals surface area contributed by atoms with Crippen molar-refractivity contribution < 1.29 is 22.7 Å². The molecule has 0 aliphatic carbocycles. The van der Waals surface area contributed by atoms with E-state index in [0.29, 0.717) is 30.1 Å². The molecule has 2 heterocycles. The lowest BCUT2D eigenvalue weighted by Crippen LogP contribution is -2.49. The van der Waals surface area contributed by atoms with Crippen LogP contribution >= 0.6 is 11.3 Å². The maximum Gasteiger partial charge on any atom is 0.328 e. The number of amides is 1. The second-order valence-corrected chi connectivity index (χ2v) is 9.48. The van der Waals surface area contributed by atoms with Gasteiger partial charge < -0.3 is 10.1 Å². The van der Waals surface area contributed by atoms with Crippen LogP contribution in [0.15, 0.2) is 21.7 Å². The normalized spacial score (nSPS) is 18.1. The molecule has 9 heteroatoms. The van der Waals surface area contributed by atoms with E-state index in [1.807, 2.05) is 13.8 Å². The lowest BCUT2D eigenvalue weighted by atomic mass is 9.95. The Morgan fingerprint density at radius 2 is 1.96 bits per heavy atom. The monoisotopic (exact) mass is 388 g/mol. The van der Waals surface area contributed by atoms with Crippen molar-refractivity contribution in [2.75, 3.05) is 20.2 Å². The minimum absolute atomic E-state index is 0.0873. The van der Waals surface area contributed by atoms with E-state index < -0.39 is 22.0 Å². The van der Waals surface area contributed by atoms with Crippen molar-refractivity contribution in [1.82, 2.24) is 9.62 Å². The molecule has 0 spiro atoms.